The van der Waals surface area contributed by atoms with E-state index < -0.39 is 0 Å². The van der Waals surface area contributed by atoms with Gasteiger partial charge in [0, 0.05) is 12.5 Å². The van der Waals surface area contributed by atoms with Gasteiger partial charge in [0.25, 0.3) is 0 Å². The molecule has 0 aliphatic rings. The highest BCUT2D eigenvalue weighted by Crippen LogP contribution is 2.44. The summed E-state index contributed by atoms with van der Waals surface area (Å²) in [4.78, 5) is 5.09. The van der Waals surface area contributed by atoms with Crippen molar-refractivity contribution >= 4 is 68.0 Å². The van der Waals surface area contributed by atoms with Crippen LogP contribution in [0.2, 0.25) is 10.0 Å². The molecule has 24 heavy (non-hydrogen) atoms. The molecule has 0 saturated heterocycles. The Kier molecular flexibility index (Phi) is 10.2. The van der Waals surface area contributed by atoms with Crippen molar-refractivity contribution in [3.05, 3.63) is 31.2 Å². The Morgan fingerprint density at radius 2 is 1.92 bits per heavy atom. The van der Waals surface area contributed by atoms with Crippen molar-refractivity contribution in [2.24, 2.45) is 5.16 Å². The van der Waals surface area contributed by atoms with Crippen LogP contribution < -0.4 is 9.47 Å². The number of hydrogen-bond donors (Lipinski definition) is 0. The zero-order chi connectivity index (χ0) is 18.1. The van der Waals surface area contributed by atoms with Crippen molar-refractivity contribution in [2.45, 2.75) is 20.3 Å². The first-order chi connectivity index (χ1) is 11.3. The molecule has 9 heteroatoms. The van der Waals surface area contributed by atoms with Crippen molar-refractivity contribution in [3.63, 3.8) is 0 Å². The largest absolute Gasteiger partial charge is 0.490 e. The van der Waals surface area contributed by atoms with E-state index in [9.17, 15) is 0 Å². The van der Waals surface area contributed by atoms with Crippen LogP contribution in [0.15, 0.2) is 26.3 Å². The molecule has 0 saturated carbocycles. The Morgan fingerprint density at radius 1 is 1.21 bits per heavy atom. The van der Waals surface area contributed by atoms with Gasteiger partial charge in [0.1, 0.15) is 28.5 Å². The summed E-state index contributed by atoms with van der Waals surface area (Å²) >= 11 is 26.9. The average Bonchev–Trinajstić information content (AvgIpc) is 2.50. The summed E-state index contributed by atoms with van der Waals surface area (Å²) in [7, 11) is 0. The molecule has 0 atom stereocenters. The summed E-state index contributed by atoms with van der Waals surface area (Å²) in [6.07, 6.45) is 2.14. The second-order valence-corrected chi connectivity index (χ2v) is 7.28. The Labute approximate surface area is 169 Å². The van der Waals surface area contributed by atoms with E-state index in [1.165, 1.54) is 6.08 Å². The smallest absolute Gasteiger partial charge is 0.157 e. The summed E-state index contributed by atoms with van der Waals surface area (Å²) in [5.41, 5.74) is 0.854. The molecule has 0 aromatic heterocycles. The van der Waals surface area contributed by atoms with Crippen LogP contribution in [0.4, 0.5) is 0 Å². The van der Waals surface area contributed by atoms with Crippen molar-refractivity contribution in [1.82, 2.24) is 0 Å². The molecule has 0 spiro atoms. The molecule has 0 N–H and O–H groups in total. The van der Waals surface area contributed by atoms with Crippen molar-refractivity contribution in [3.8, 4) is 11.5 Å². The third kappa shape index (κ3) is 7.70. The highest BCUT2D eigenvalue weighted by molar-refractivity contribution is 9.10. The predicted molar refractivity (Wildman–Crippen MR) is 104 cm³/mol. The van der Waals surface area contributed by atoms with Gasteiger partial charge in [0.15, 0.2) is 5.75 Å². The van der Waals surface area contributed by atoms with E-state index >= 15 is 0 Å². The third-order valence-corrected chi connectivity index (χ3v) is 4.40. The molecule has 134 valence electrons. The first kappa shape index (κ1) is 21.7. The minimum absolute atomic E-state index is 0.119. The van der Waals surface area contributed by atoms with Crippen LogP contribution in [0, 0.1) is 0 Å². The Morgan fingerprint density at radius 3 is 2.54 bits per heavy atom. The van der Waals surface area contributed by atoms with Crippen LogP contribution >= 0.6 is 62.3 Å². The first-order valence-corrected chi connectivity index (χ1v) is 9.20. The SMILES string of the molecule is CC(C)=NOCCCOc1c(Cl)cc(OCC=C(Cl)Cl)c(Br)c1Cl. The topological polar surface area (TPSA) is 40.0 Å². The number of ether oxygens (including phenoxy) is 2. The zero-order valence-corrected chi connectivity index (χ0v) is 17.7. The molecular weight excluding hydrogens is 464 g/mol. The van der Waals surface area contributed by atoms with Gasteiger partial charge in [-0.15, -0.1) is 0 Å². The third-order valence-electron chi connectivity index (χ3n) is 2.43. The minimum atomic E-state index is 0.119. The van der Waals surface area contributed by atoms with E-state index in [1.807, 2.05) is 13.8 Å². The number of oxime groups is 1. The molecule has 0 aliphatic carbocycles. The van der Waals surface area contributed by atoms with Gasteiger partial charge in [-0.05, 0) is 35.9 Å². The summed E-state index contributed by atoms with van der Waals surface area (Å²) < 4.78 is 11.8. The van der Waals surface area contributed by atoms with E-state index in [-0.39, 0.29) is 11.1 Å². The van der Waals surface area contributed by atoms with E-state index in [2.05, 4.69) is 21.1 Å². The Hall–Kier alpha value is -0.330. The lowest BCUT2D eigenvalue weighted by molar-refractivity contribution is 0.127. The van der Waals surface area contributed by atoms with Gasteiger partial charge in [0.05, 0.1) is 21.8 Å². The molecule has 0 radical (unpaired) electrons. The fraction of sp³-hybridized carbons (Fsp3) is 0.400. The maximum Gasteiger partial charge on any atom is 0.157 e. The van der Waals surface area contributed by atoms with Crippen molar-refractivity contribution < 1.29 is 14.3 Å². The van der Waals surface area contributed by atoms with Crippen molar-refractivity contribution in [1.29, 1.82) is 0 Å². The lowest BCUT2D eigenvalue weighted by Gasteiger charge is -2.14. The monoisotopic (exact) mass is 477 g/mol. The number of benzene rings is 1. The molecule has 0 heterocycles. The van der Waals surface area contributed by atoms with E-state index in [0.717, 1.165) is 5.71 Å². The highest BCUT2D eigenvalue weighted by atomic mass is 79.9. The Balaban J connectivity index is 2.64. The maximum absolute atomic E-state index is 6.27. The fourth-order valence-electron chi connectivity index (χ4n) is 1.46. The average molecular weight is 480 g/mol. The van der Waals surface area contributed by atoms with Gasteiger partial charge >= 0.3 is 0 Å². The number of nitrogens with zero attached hydrogens (tertiary/aromatic N) is 1. The zero-order valence-electron chi connectivity index (χ0n) is 13.0. The lowest BCUT2D eigenvalue weighted by atomic mass is 10.3. The van der Waals surface area contributed by atoms with E-state index in [1.54, 1.807) is 6.07 Å². The predicted octanol–water partition coefficient (Wildman–Crippen LogP) is 6.64. The molecule has 1 rings (SSSR count). The molecule has 0 bridgehead atoms. The molecule has 1 aromatic carbocycles. The van der Waals surface area contributed by atoms with Gasteiger partial charge in [-0.2, -0.15) is 0 Å². The van der Waals surface area contributed by atoms with Gasteiger partial charge < -0.3 is 14.3 Å². The minimum Gasteiger partial charge on any atom is -0.490 e. The van der Waals surface area contributed by atoms with Crippen LogP contribution in [-0.2, 0) is 4.84 Å². The molecule has 0 fully saturated rings. The lowest BCUT2D eigenvalue weighted by Crippen LogP contribution is -2.03. The summed E-state index contributed by atoms with van der Waals surface area (Å²) in [6, 6.07) is 1.60. The molecule has 0 unspecified atom stereocenters. The normalized spacial score (nSPS) is 10.1. The van der Waals surface area contributed by atoms with Crippen LogP contribution in [0.5, 0.6) is 11.5 Å². The van der Waals surface area contributed by atoms with Crippen LogP contribution in [0.25, 0.3) is 0 Å². The fourth-order valence-corrected chi connectivity index (χ4v) is 2.54. The van der Waals surface area contributed by atoms with Crippen LogP contribution in [0.1, 0.15) is 20.3 Å². The van der Waals surface area contributed by atoms with Crippen LogP contribution in [0.3, 0.4) is 0 Å². The second kappa shape index (κ2) is 11.3. The molecule has 0 amide bonds. The number of halogens is 5. The summed E-state index contributed by atoms with van der Waals surface area (Å²) in [6.45, 7) is 4.72. The Bertz CT molecular complexity index is 615. The van der Waals surface area contributed by atoms with E-state index in [0.29, 0.717) is 45.7 Å². The standard InChI is InChI=1S/C15H16BrCl4NO3/c1-9(2)21-24-6-3-5-23-15-10(17)8-11(13(16)14(15)20)22-7-4-12(18)19/h4,8H,3,5-7H2,1-2H3. The summed E-state index contributed by atoms with van der Waals surface area (Å²) in [5, 5.41) is 4.49. The van der Waals surface area contributed by atoms with Crippen LogP contribution in [-0.4, -0.2) is 25.5 Å². The van der Waals surface area contributed by atoms with Crippen molar-refractivity contribution in [2.75, 3.05) is 19.8 Å². The second-order valence-electron chi connectivity index (χ2n) is 4.69. The summed E-state index contributed by atoms with van der Waals surface area (Å²) in [5.74, 6) is 0.831. The first-order valence-electron chi connectivity index (χ1n) is 6.90. The van der Waals surface area contributed by atoms with Gasteiger partial charge in [-0.1, -0.05) is 51.6 Å². The van der Waals surface area contributed by atoms with Gasteiger partial charge in [0.2, 0.25) is 0 Å². The molecule has 4 nitrogen and oxygen atoms in total. The molecular formula is C15H16BrCl4NO3. The molecule has 0 aliphatic heterocycles. The number of hydrogen-bond acceptors (Lipinski definition) is 4. The molecule has 1 aromatic rings. The van der Waals surface area contributed by atoms with E-state index in [4.69, 9.17) is 60.7 Å². The van der Waals surface area contributed by atoms with Gasteiger partial charge in [-0.3, -0.25) is 0 Å². The van der Waals surface area contributed by atoms with Gasteiger partial charge in [-0.25, -0.2) is 0 Å². The quantitative estimate of drug-likeness (QED) is 0.172. The highest BCUT2D eigenvalue weighted by Gasteiger charge is 2.16. The number of rotatable bonds is 9. The maximum atomic E-state index is 6.27.